The maximum Gasteiger partial charge on any atom is 0.252 e. The summed E-state index contributed by atoms with van der Waals surface area (Å²) in [5, 5.41) is 2.73. The van der Waals surface area contributed by atoms with Crippen molar-refractivity contribution in [3.05, 3.63) is 39.3 Å². The van der Waals surface area contributed by atoms with Gasteiger partial charge in [-0.1, -0.05) is 11.6 Å². The van der Waals surface area contributed by atoms with Crippen molar-refractivity contribution in [2.45, 2.75) is 4.21 Å². The number of pyridine rings is 1. The van der Waals surface area contributed by atoms with Crippen LogP contribution in [0.1, 0.15) is 0 Å². The number of hydrogen-bond donors (Lipinski definition) is 1. The SMILES string of the molecule is O=C(CN1CCN(S(=O)(=O)c2ccc(Cl)s2)CC1)Nc1ccc(Br)cn1. The van der Waals surface area contributed by atoms with E-state index < -0.39 is 10.0 Å². The van der Waals surface area contributed by atoms with Crippen LogP contribution in [0.25, 0.3) is 0 Å². The summed E-state index contributed by atoms with van der Waals surface area (Å²) >= 11 is 10.2. The molecule has 0 aromatic carbocycles. The van der Waals surface area contributed by atoms with Gasteiger partial charge in [-0.2, -0.15) is 4.31 Å². The Labute approximate surface area is 169 Å². The molecule has 0 radical (unpaired) electrons. The van der Waals surface area contributed by atoms with Crippen LogP contribution in [-0.4, -0.2) is 61.2 Å². The number of amides is 1. The second-order valence-corrected chi connectivity index (χ2v) is 10.4. The summed E-state index contributed by atoms with van der Waals surface area (Å²) in [4.78, 5) is 18.1. The Kier molecular flexibility index (Phi) is 6.31. The molecule has 1 fully saturated rings. The highest BCUT2D eigenvalue weighted by Gasteiger charge is 2.30. The van der Waals surface area contributed by atoms with E-state index in [1.807, 2.05) is 4.90 Å². The summed E-state index contributed by atoms with van der Waals surface area (Å²) in [5.41, 5.74) is 0. The molecule has 2 aromatic rings. The van der Waals surface area contributed by atoms with Crippen LogP contribution >= 0.6 is 38.9 Å². The lowest BCUT2D eigenvalue weighted by molar-refractivity contribution is -0.117. The molecule has 0 bridgehead atoms. The highest BCUT2D eigenvalue weighted by atomic mass is 79.9. The third-order valence-corrected chi connectivity index (χ3v) is 7.90. The molecule has 11 heteroatoms. The number of thiophene rings is 1. The minimum atomic E-state index is -3.52. The first-order valence-electron chi connectivity index (χ1n) is 7.74. The van der Waals surface area contributed by atoms with Crippen LogP contribution < -0.4 is 5.32 Å². The van der Waals surface area contributed by atoms with Gasteiger partial charge >= 0.3 is 0 Å². The fourth-order valence-corrected chi connectivity index (χ4v) is 5.82. The number of rotatable bonds is 5. The maximum atomic E-state index is 12.6. The first kappa shape index (κ1) is 19.7. The number of nitrogens with one attached hydrogen (secondary N) is 1. The van der Waals surface area contributed by atoms with E-state index in [0.717, 1.165) is 15.8 Å². The van der Waals surface area contributed by atoms with E-state index in [1.165, 1.54) is 10.4 Å². The van der Waals surface area contributed by atoms with E-state index in [9.17, 15) is 13.2 Å². The third-order valence-electron chi connectivity index (χ3n) is 3.84. The predicted molar refractivity (Wildman–Crippen MR) is 105 cm³/mol. The summed E-state index contributed by atoms with van der Waals surface area (Å²) in [6, 6.07) is 6.60. The first-order valence-corrected chi connectivity index (χ1v) is 11.2. The molecule has 3 heterocycles. The molecule has 7 nitrogen and oxygen atoms in total. The van der Waals surface area contributed by atoms with Gasteiger partial charge in [0.25, 0.3) is 10.0 Å². The highest BCUT2D eigenvalue weighted by Crippen LogP contribution is 2.28. The monoisotopic (exact) mass is 478 g/mol. The molecule has 1 N–H and O–H groups in total. The second-order valence-electron chi connectivity index (χ2n) is 5.65. The van der Waals surface area contributed by atoms with Gasteiger partial charge in [-0.3, -0.25) is 9.69 Å². The standard InChI is InChI=1S/C15H16BrClN4O3S2/c16-11-1-3-13(18-9-11)19-14(22)10-20-5-7-21(8-6-20)26(23,24)15-4-2-12(17)25-15/h1-4,9H,5-8,10H2,(H,18,19,22). The van der Waals surface area contributed by atoms with Crippen molar-refractivity contribution in [1.29, 1.82) is 0 Å². The zero-order chi connectivity index (χ0) is 18.7. The normalized spacial score (nSPS) is 16.5. The van der Waals surface area contributed by atoms with Crippen molar-refractivity contribution in [2.24, 2.45) is 0 Å². The molecule has 0 saturated carbocycles. The van der Waals surface area contributed by atoms with Gasteiger partial charge in [-0.25, -0.2) is 13.4 Å². The van der Waals surface area contributed by atoms with E-state index in [1.54, 1.807) is 24.4 Å². The summed E-state index contributed by atoms with van der Waals surface area (Å²) < 4.78 is 28.1. The maximum absolute atomic E-state index is 12.6. The Morgan fingerprint density at radius 3 is 2.54 bits per heavy atom. The highest BCUT2D eigenvalue weighted by molar-refractivity contribution is 9.10. The number of carbonyl (C=O) groups excluding carboxylic acids is 1. The van der Waals surface area contributed by atoms with E-state index in [4.69, 9.17) is 11.6 Å². The second kappa shape index (κ2) is 8.32. The Hall–Kier alpha value is -1.04. The van der Waals surface area contributed by atoms with Gasteiger partial charge in [0.2, 0.25) is 5.91 Å². The number of piperazine rings is 1. The molecule has 3 rings (SSSR count). The van der Waals surface area contributed by atoms with Gasteiger partial charge in [-0.15, -0.1) is 11.3 Å². The third kappa shape index (κ3) is 4.81. The molecule has 1 saturated heterocycles. The number of aromatic nitrogens is 1. The zero-order valence-electron chi connectivity index (χ0n) is 13.6. The Bertz CT molecular complexity index is 881. The van der Waals surface area contributed by atoms with Crippen molar-refractivity contribution >= 4 is 60.6 Å². The lowest BCUT2D eigenvalue weighted by Gasteiger charge is -2.33. The molecule has 0 aliphatic carbocycles. The number of hydrogen-bond acceptors (Lipinski definition) is 6. The van der Waals surface area contributed by atoms with Crippen molar-refractivity contribution in [1.82, 2.24) is 14.2 Å². The minimum absolute atomic E-state index is 0.179. The fraction of sp³-hybridized carbons (Fsp3) is 0.333. The lowest BCUT2D eigenvalue weighted by Crippen LogP contribution is -2.50. The van der Waals surface area contributed by atoms with Crippen LogP contribution in [0.2, 0.25) is 4.34 Å². The number of carbonyl (C=O) groups is 1. The average molecular weight is 480 g/mol. The van der Waals surface area contributed by atoms with Crippen LogP contribution in [0.15, 0.2) is 39.1 Å². The topological polar surface area (TPSA) is 82.6 Å². The van der Waals surface area contributed by atoms with E-state index in [2.05, 4.69) is 26.2 Å². The Morgan fingerprint density at radius 1 is 1.23 bits per heavy atom. The molecule has 0 spiro atoms. The van der Waals surface area contributed by atoms with Crippen LogP contribution in [0.4, 0.5) is 5.82 Å². The number of anilines is 1. The smallest absolute Gasteiger partial charge is 0.252 e. The van der Waals surface area contributed by atoms with E-state index in [0.29, 0.717) is 36.3 Å². The molecule has 1 aliphatic rings. The van der Waals surface area contributed by atoms with Gasteiger partial charge in [-0.05, 0) is 40.2 Å². The lowest BCUT2D eigenvalue weighted by atomic mass is 10.3. The van der Waals surface area contributed by atoms with Crippen molar-refractivity contribution in [3.63, 3.8) is 0 Å². The molecule has 26 heavy (non-hydrogen) atoms. The van der Waals surface area contributed by atoms with Gasteiger partial charge in [0.1, 0.15) is 10.0 Å². The van der Waals surface area contributed by atoms with Crippen LogP contribution in [0.5, 0.6) is 0 Å². The van der Waals surface area contributed by atoms with Gasteiger partial charge < -0.3 is 5.32 Å². The number of nitrogens with zero attached hydrogens (tertiary/aromatic N) is 3. The van der Waals surface area contributed by atoms with Crippen molar-refractivity contribution in [3.8, 4) is 0 Å². The summed E-state index contributed by atoms with van der Waals surface area (Å²) in [7, 11) is -3.52. The summed E-state index contributed by atoms with van der Waals surface area (Å²) in [6.07, 6.45) is 1.61. The molecule has 2 aromatic heterocycles. The molecule has 0 unspecified atom stereocenters. The molecule has 140 valence electrons. The molecular weight excluding hydrogens is 464 g/mol. The fourth-order valence-electron chi connectivity index (χ4n) is 2.53. The minimum Gasteiger partial charge on any atom is -0.310 e. The first-order chi connectivity index (χ1) is 12.3. The molecule has 1 aliphatic heterocycles. The van der Waals surface area contributed by atoms with Gasteiger partial charge in [0.15, 0.2) is 0 Å². The van der Waals surface area contributed by atoms with Crippen molar-refractivity contribution in [2.75, 3.05) is 38.0 Å². The average Bonchev–Trinajstić information content (AvgIpc) is 3.05. The number of halogens is 2. The van der Waals surface area contributed by atoms with E-state index in [-0.39, 0.29) is 16.7 Å². The number of sulfonamides is 1. The Balaban J connectivity index is 1.52. The molecule has 1 amide bonds. The summed E-state index contributed by atoms with van der Waals surface area (Å²) in [5.74, 6) is 0.301. The van der Waals surface area contributed by atoms with Crippen LogP contribution in [0, 0.1) is 0 Å². The van der Waals surface area contributed by atoms with Crippen molar-refractivity contribution < 1.29 is 13.2 Å². The van der Waals surface area contributed by atoms with Gasteiger partial charge in [0, 0.05) is 36.8 Å². The quantitative estimate of drug-likeness (QED) is 0.712. The summed E-state index contributed by atoms with van der Waals surface area (Å²) in [6.45, 7) is 1.83. The molecule has 0 atom stereocenters. The van der Waals surface area contributed by atoms with E-state index >= 15 is 0 Å². The van der Waals surface area contributed by atoms with Gasteiger partial charge in [0.05, 0.1) is 10.9 Å². The largest absolute Gasteiger partial charge is 0.310 e. The van der Waals surface area contributed by atoms with Crippen LogP contribution in [-0.2, 0) is 14.8 Å². The van der Waals surface area contributed by atoms with Crippen LogP contribution in [0.3, 0.4) is 0 Å². The molecular formula is C15H16BrClN4O3S2. The predicted octanol–water partition coefficient (Wildman–Crippen LogP) is 2.50. The zero-order valence-corrected chi connectivity index (χ0v) is 17.5. The Morgan fingerprint density at radius 2 is 1.96 bits per heavy atom.